The molecule has 0 saturated carbocycles. The first kappa shape index (κ1) is 24.6. The number of aliphatic imine (C=N–C) groups is 1. The third-order valence-corrected chi connectivity index (χ3v) is 5.37. The number of benzene rings is 2. The predicted octanol–water partition coefficient (Wildman–Crippen LogP) is 4.55. The zero-order chi connectivity index (χ0) is 24.9. The fourth-order valence-corrected chi connectivity index (χ4v) is 3.87. The summed E-state index contributed by atoms with van der Waals surface area (Å²) in [5.41, 5.74) is 9.09. The zero-order valence-electron chi connectivity index (χ0n) is 18.8. The number of alkyl halides is 1. The second-order valence-electron chi connectivity index (χ2n) is 7.47. The monoisotopic (exact) mass is 510 g/mol. The number of thiol groups is 2. The van der Waals surface area contributed by atoms with Crippen LogP contribution in [0.4, 0.5) is 10.1 Å². The van der Waals surface area contributed by atoms with Gasteiger partial charge in [-0.15, -0.1) is 25.3 Å². The van der Waals surface area contributed by atoms with Gasteiger partial charge in [0.05, 0.1) is 5.69 Å². The number of nitrogen functional groups attached to an aromatic ring is 1. The number of hydrogen-bond acceptors (Lipinski definition) is 8. The molecular weight excluding hydrogens is 487 g/mol. The van der Waals surface area contributed by atoms with Crippen LogP contribution in [0.3, 0.4) is 0 Å². The summed E-state index contributed by atoms with van der Waals surface area (Å²) in [6, 6.07) is 17.4. The van der Waals surface area contributed by atoms with Gasteiger partial charge >= 0.3 is 0 Å². The van der Waals surface area contributed by atoms with Crippen molar-refractivity contribution in [2.45, 2.75) is 4.77 Å². The molecule has 0 amide bonds. The van der Waals surface area contributed by atoms with Crippen molar-refractivity contribution in [2.75, 3.05) is 26.1 Å². The van der Waals surface area contributed by atoms with E-state index in [0.717, 1.165) is 0 Å². The minimum atomic E-state index is -0.648. The zero-order valence-corrected chi connectivity index (χ0v) is 20.5. The van der Waals surface area contributed by atoms with Gasteiger partial charge in [-0.05, 0) is 54.1 Å². The lowest BCUT2D eigenvalue weighted by molar-refractivity contribution is 0.265. The lowest BCUT2D eigenvalue weighted by Gasteiger charge is -2.15. The van der Waals surface area contributed by atoms with Crippen molar-refractivity contribution in [2.24, 2.45) is 4.99 Å². The van der Waals surface area contributed by atoms with Crippen LogP contribution < -0.4 is 20.8 Å². The van der Waals surface area contributed by atoms with Crippen molar-refractivity contribution >= 4 is 48.2 Å². The molecule has 0 fully saturated rings. The summed E-state index contributed by atoms with van der Waals surface area (Å²) >= 11 is 8.22. The molecule has 0 atom stereocenters. The minimum Gasteiger partial charge on any atom is -0.475 e. The van der Waals surface area contributed by atoms with Crippen LogP contribution in [0.25, 0.3) is 27.8 Å². The number of nitrogens with zero attached hydrogens (tertiary/aromatic N) is 3. The van der Waals surface area contributed by atoms with Crippen LogP contribution >= 0.6 is 25.3 Å². The summed E-state index contributed by atoms with van der Waals surface area (Å²) in [6.45, 7) is -0.778. The number of hydrogen-bond donors (Lipinski definition) is 3. The summed E-state index contributed by atoms with van der Waals surface area (Å²) in [6.07, 6.45) is 1.64. The lowest BCUT2D eigenvalue weighted by atomic mass is 10.0. The van der Waals surface area contributed by atoms with Crippen LogP contribution in [-0.2, 0) is 0 Å². The lowest BCUT2D eigenvalue weighted by Crippen LogP contribution is -2.21. The Balaban J connectivity index is 1.95. The molecular formula is C25H23FN4O3S2. The van der Waals surface area contributed by atoms with E-state index in [1.165, 1.54) is 4.57 Å². The van der Waals surface area contributed by atoms with Crippen molar-refractivity contribution in [1.29, 1.82) is 0 Å². The van der Waals surface area contributed by atoms with E-state index >= 15 is 0 Å². The van der Waals surface area contributed by atoms with E-state index in [0.29, 0.717) is 44.8 Å². The van der Waals surface area contributed by atoms with Gasteiger partial charge in [-0.1, -0.05) is 6.07 Å². The Labute approximate surface area is 212 Å². The number of ether oxygens (including phenoxy) is 2. The van der Waals surface area contributed by atoms with E-state index in [4.69, 9.17) is 15.2 Å². The Kier molecular flexibility index (Phi) is 7.62. The van der Waals surface area contributed by atoms with Crippen molar-refractivity contribution in [3.05, 3.63) is 76.6 Å². The summed E-state index contributed by atoms with van der Waals surface area (Å²) in [7, 11) is 1.65. The second kappa shape index (κ2) is 10.8. The smallest absolute Gasteiger partial charge is 0.264 e. The van der Waals surface area contributed by atoms with Crippen LogP contribution in [0.5, 0.6) is 11.6 Å². The molecule has 4 aromatic rings. The van der Waals surface area contributed by atoms with E-state index in [9.17, 15) is 9.18 Å². The molecule has 10 heteroatoms. The van der Waals surface area contributed by atoms with E-state index in [2.05, 4.69) is 35.2 Å². The van der Waals surface area contributed by atoms with Crippen LogP contribution in [0.1, 0.15) is 5.56 Å². The first-order chi connectivity index (χ1) is 16.9. The van der Waals surface area contributed by atoms with Gasteiger partial charge in [-0.3, -0.25) is 14.4 Å². The third-order valence-electron chi connectivity index (χ3n) is 5.15. The maximum absolute atomic E-state index is 13.8. The number of rotatable bonds is 8. The number of fused-ring (bicyclic) bond motifs is 1. The van der Waals surface area contributed by atoms with Crippen LogP contribution in [0.15, 0.2) is 70.5 Å². The number of halogens is 1. The molecule has 2 aromatic heterocycles. The SMILES string of the molecule is CN=Cc1cc(-c2cc3ccc(OCCF)nc3n(-c3ccc(OC(S)S)cc3)c2=O)ccc1N. The van der Waals surface area contributed by atoms with Gasteiger partial charge in [-0.2, -0.15) is 4.98 Å². The molecule has 4 rings (SSSR count). The molecule has 0 bridgehead atoms. The molecule has 0 radical (unpaired) electrons. The van der Waals surface area contributed by atoms with Gasteiger partial charge in [-0.25, -0.2) is 4.39 Å². The van der Waals surface area contributed by atoms with Crippen molar-refractivity contribution in [3.63, 3.8) is 0 Å². The van der Waals surface area contributed by atoms with Crippen molar-refractivity contribution in [1.82, 2.24) is 9.55 Å². The maximum Gasteiger partial charge on any atom is 0.264 e. The highest BCUT2D eigenvalue weighted by Gasteiger charge is 2.16. The van der Waals surface area contributed by atoms with Crippen LogP contribution in [0, 0.1) is 0 Å². The number of pyridine rings is 2. The van der Waals surface area contributed by atoms with Gasteiger partial charge in [0.1, 0.15) is 19.0 Å². The molecule has 2 N–H and O–H groups in total. The molecule has 0 unspecified atom stereocenters. The number of anilines is 1. The molecule has 2 heterocycles. The van der Waals surface area contributed by atoms with Gasteiger partial charge in [0, 0.05) is 41.5 Å². The highest BCUT2D eigenvalue weighted by atomic mass is 32.2. The van der Waals surface area contributed by atoms with Gasteiger partial charge in [0.15, 0.2) is 10.4 Å². The Morgan fingerprint density at radius 2 is 1.91 bits per heavy atom. The molecule has 0 saturated heterocycles. The van der Waals surface area contributed by atoms with E-state index in [1.54, 1.807) is 67.9 Å². The largest absolute Gasteiger partial charge is 0.475 e. The molecule has 0 aliphatic heterocycles. The van der Waals surface area contributed by atoms with Crippen LogP contribution in [0.2, 0.25) is 0 Å². The van der Waals surface area contributed by atoms with E-state index < -0.39 is 11.4 Å². The van der Waals surface area contributed by atoms with Crippen LogP contribution in [-0.4, -0.2) is 40.9 Å². The molecule has 0 aliphatic rings. The predicted molar refractivity (Wildman–Crippen MR) is 145 cm³/mol. The second-order valence-corrected chi connectivity index (χ2v) is 8.81. The standard InChI is InChI=1S/C25H23FN4O3S2/c1-28-14-17-12-15(2-8-21(17)27)20-13-16-3-9-22(32-11-10-26)29-23(16)30(24(20)31)18-4-6-19(7-5-18)33-25(34)35/h2-9,12-14,25,34-35H,10-11,27H2,1H3. The molecule has 2 aromatic carbocycles. The van der Waals surface area contributed by atoms with Crippen molar-refractivity contribution < 1.29 is 13.9 Å². The van der Waals surface area contributed by atoms with Gasteiger partial charge in [0.25, 0.3) is 5.56 Å². The van der Waals surface area contributed by atoms with Gasteiger partial charge < -0.3 is 15.2 Å². The van der Waals surface area contributed by atoms with Crippen molar-refractivity contribution in [3.8, 4) is 28.4 Å². The average Bonchev–Trinajstić information content (AvgIpc) is 2.84. The summed E-state index contributed by atoms with van der Waals surface area (Å²) in [4.78, 5) is 22.4. The highest BCUT2D eigenvalue weighted by Crippen LogP contribution is 2.27. The summed E-state index contributed by atoms with van der Waals surface area (Å²) < 4.78 is 24.4. The fraction of sp³-hybridized carbons (Fsp3) is 0.160. The molecule has 0 spiro atoms. The molecule has 7 nitrogen and oxygen atoms in total. The molecule has 180 valence electrons. The molecule has 0 aliphatic carbocycles. The van der Waals surface area contributed by atoms with E-state index in [1.807, 2.05) is 6.07 Å². The quantitative estimate of drug-likeness (QED) is 0.140. The number of aromatic nitrogens is 2. The normalized spacial score (nSPS) is 11.5. The first-order valence-electron chi connectivity index (χ1n) is 10.6. The molecule has 35 heavy (non-hydrogen) atoms. The van der Waals surface area contributed by atoms with E-state index in [-0.39, 0.29) is 18.0 Å². The third kappa shape index (κ3) is 5.44. The minimum absolute atomic E-state index is 0.130. The first-order valence-corrected chi connectivity index (χ1v) is 11.7. The summed E-state index contributed by atoms with van der Waals surface area (Å²) in [5, 5.41) is 0.695. The topological polar surface area (TPSA) is 91.7 Å². The van der Waals surface area contributed by atoms with Gasteiger partial charge in [0.2, 0.25) is 5.88 Å². The Morgan fingerprint density at radius 3 is 2.60 bits per heavy atom. The number of nitrogens with two attached hydrogens (primary N) is 1. The fourth-order valence-electron chi connectivity index (χ4n) is 3.63. The summed E-state index contributed by atoms with van der Waals surface area (Å²) in [5.74, 6) is 0.761. The Bertz CT molecular complexity index is 1440. The Hall–Kier alpha value is -3.50. The average molecular weight is 511 g/mol. The maximum atomic E-state index is 13.8. The highest BCUT2D eigenvalue weighted by molar-refractivity contribution is 7.98. The Morgan fingerprint density at radius 1 is 1.14 bits per heavy atom.